The monoisotopic (exact) mass is 324 g/mol. The van der Waals surface area contributed by atoms with E-state index < -0.39 is 11.7 Å². The molecule has 0 saturated carbocycles. The first-order valence-electron chi connectivity index (χ1n) is 5.55. The smallest absolute Gasteiger partial charge is 0.396 e. The van der Waals surface area contributed by atoms with Gasteiger partial charge in [0.15, 0.2) is 0 Å². The van der Waals surface area contributed by atoms with Gasteiger partial charge < -0.3 is 5.11 Å². The zero-order valence-corrected chi connectivity index (χ0v) is 11.9. The van der Waals surface area contributed by atoms with Gasteiger partial charge >= 0.3 is 6.18 Å². The minimum atomic E-state index is -4.32. The summed E-state index contributed by atoms with van der Waals surface area (Å²) in [6.45, 7) is 3.75. The van der Waals surface area contributed by atoms with E-state index in [0.717, 1.165) is 17.7 Å². The molecule has 0 radical (unpaired) electrons. The Balaban J connectivity index is 3.09. The van der Waals surface area contributed by atoms with Crippen LogP contribution in [-0.2, 0) is 17.9 Å². The maximum Gasteiger partial charge on any atom is 0.416 e. The van der Waals surface area contributed by atoms with E-state index in [9.17, 15) is 18.3 Å². The van der Waals surface area contributed by atoms with Crippen molar-refractivity contribution in [3.8, 4) is 0 Å². The Bertz CT molecular complexity index is 413. The van der Waals surface area contributed by atoms with Gasteiger partial charge in [-0.3, -0.25) is 0 Å². The highest BCUT2D eigenvalue weighted by atomic mass is 79.9. The lowest BCUT2D eigenvalue weighted by molar-refractivity contribution is -0.137. The number of benzene rings is 1. The van der Waals surface area contributed by atoms with E-state index in [4.69, 9.17) is 0 Å². The Morgan fingerprint density at radius 3 is 2.22 bits per heavy atom. The van der Waals surface area contributed by atoms with Crippen LogP contribution in [0.3, 0.4) is 0 Å². The van der Waals surface area contributed by atoms with Crippen LogP contribution in [-0.4, -0.2) is 11.7 Å². The number of aliphatic hydroxyl groups excluding tert-OH is 1. The number of rotatable bonds is 4. The van der Waals surface area contributed by atoms with Gasteiger partial charge in [-0.15, -0.1) is 0 Å². The fourth-order valence-corrected chi connectivity index (χ4v) is 2.19. The lowest BCUT2D eigenvalue weighted by Gasteiger charge is -2.23. The molecule has 1 aromatic rings. The van der Waals surface area contributed by atoms with Crippen molar-refractivity contribution in [1.29, 1.82) is 0 Å². The van der Waals surface area contributed by atoms with E-state index in [1.807, 2.05) is 13.8 Å². The molecular formula is C13H16BrF3O. The molecule has 0 atom stereocenters. The fourth-order valence-electron chi connectivity index (χ4n) is 1.67. The summed E-state index contributed by atoms with van der Waals surface area (Å²) in [6.07, 6.45) is -3.77. The molecule has 0 aromatic heterocycles. The van der Waals surface area contributed by atoms with Gasteiger partial charge in [0, 0.05) is 11.9 Å². The highest BCUT2D eigenvalue weighted by Gasteiger charge is 2.31. The summed E-state index contributed by atoms with van der Waals surface area (Å²) in [7, 11) is 0. The van der Waals surface area contributed by atoms with Crippen molar-refractivity contribution in [2.45, 2.75) is 31.8 Å². The molecule has 5 heteroatoms. The Labute approximate surface area is 113 Å². The van der Waals surface area contributed by atoms with Gasteiger partial charge in [0.1, 0.15) is 0 Å². The lowest BCUT2D eigenvalue weighted by atomic mass is 9.85. The normalized spacial score (nSPS) is 12.8. The van der Waals surface area contributed by atoms with Crippen LogP contribution in [0.4, 0.5) is 13.2 Å². The number of hydrogen-bond donors (Lipinski definition) is 1. The van der Waals surface area contributed by atoms with Crippen molar-refractivity contribution >= 4 is 15.9 Å². The van der Waals surface area contributed by atoms with E-state index in [2.05, 4.69) is 15.9 Å². The van der Waals surface area contributed by atoms with E-state index in [-0.39, 0.29) is 12.0 Å². The quantitative estimate of drug-likeness (QED) is 0.824. The summed E-state index contributed by atoms with van der Waals surface area (Å²) in [6, 6.07) is 3.75. The molecule has 0 fully saturated rings. The summed E-state index contributed by atoms with van der Waals surface area (Å²) in [4.78, 5) is 0. The van der Waals surface area contributed by atoms with Gasteiger partial charge in [-0.2, -0.15) is 13.2 Å². The molecule has 1 rings (SSSR count). The third-order valence-electron chi connectivity index (χ3n) is 2.77. The fraction of sp³-hybridized carbons (Fsp3) is 0.538. The summed E-state index contributed by atoms with van der Waals surface area (Å²) >= 11 is 3.21. The number of alkyl halides is 4. The molecule has 0 saturated heterocycles. The van der Waals surface area contributed by atoms with Gasteiger partial charge in [0.05, 0.1) is 5.56 Å². The third kappa shape index (κ3) is 3.99. The standard InChI is InChI=1S/C13H16BrF3O/c1-12(2,8-18)6-9-3-4-11(13(15,16)17)5-10(9)7-14/h3-5,18H,6-8H2,1-2H3. The summed E-state index contributed by atoms with van der Waals surface area (Å²) in [5.74, 6) is 0. The van der Waals surface area contributed by atoms with Crippen molar-refractivity contribution in [1.82, 2.24) is 0 Å². The molecular weight excluding hydrogens is 309 g/mol. The maximum atomic E-state index is 12.6. The third-order valence-corrected chi connectivity index (χ3v) is 3.38. The molecule has 0 bridgehead atoms. The molecule has 0 aliphatic heterocycles. The van der Waals surface area contributed by atoms with Crippen molar-refractivity contribution in [3.63, 3.8) is 0 Å². The second kappa shape index (κ2) is 5.61. The molecule has 0 unspecified atom stereocenters. The Hall–Kier alpha value is -0.550. The van der Waals surface area contributed by atoms with E-state index in [1.165, 1.54) is 6.07 Å². The molecule has 18 heavy (non-hydrogen) atoms. The van der Waals surface area contributed by atoms with Crippen LogP contribution >= 0.6 is 15.9 Å². The van der Waals surface area contributed by atoms with Gasteiger partial charge in [-0.05, 0) is 35.1 Å². The molecule has 1 N–H and O–H groups in total. The van der Waals surface area contributed by atoms with Gasteiger partial charge in [0.2, 0.25) is 0 Å². The van der Waals surface area contributed by atoms with Crippen molar-refractivity contribution in [3.05, 3.63) is 34.9 Å². The Morgan fingerprint density at radius 1 is 1.17 bits per heavy atom. The average Bonchev–Trinajstić information content (AvgIpc) is 2.27. The molecule has 1 nitrogen and oxygen atoms in total. The summed E-state index contributed by atoms with van der Waals surface area (Å²) in [5.41, 5.74) is 0.476. The lowest BCUT2D eigenvalue weighted by Crippen LogP contribution is -2.20. The molecule has 0 aliphatic carbocycles. The van der Waals surface area contributed by atoms with Gasteiger partial charge in [-0.1, -0.05) is 35.8 Å². The zero-order valence-electron chi connectivity index (χ0n) is 10.3. The predicted molar refractivity (Wildman–Crippen MR) is 68.6 cm³/mol. The number of halogens is 4. The second-order valence-electron chi connectivity index (χ2n) is 5.11. The largest absolute Gasteiger partial charge is 0.416 e. The van der Waals surface area contributed by atoms with Gasteiger partial charge in [-0.25, -0.2) is 0 Å². The minimum Gasteiger partial charge on any atom is -0.396 e. The van der Waals surface area contributed by atoms with E-state index >= 15 is 0 Å². The second-order valence-corrected chi connectivity index (χ2v) is 5.67. The first kappa shape index (κ1) is 15.5. The maximum absolute atomic E-state index is 12.6. The molecule has 0 amide bonds. The van der Waals surface area contributed by atoms with Crippen LogP contribution in [0, 0.1) is 5.41 Å². The minimum absolute atomic E-state index is 0.00422. The van der Waals surface area contributed by atoms with Crippen molar-refractivity contribution < 1.29 is 18.3 Å². The van der Waals surface area contributed by atoms with Crippen LogP contribution in [0.2, 0.25) is 0 Å². The van der Waals surface area contributed by atoms with Crippen LogP contribution in [0.5, 0.6) is 0 Å². The average molecular weight is 325 g/mol. The first-order valence-corrected chi connectivity index (χ1v) is 6.67. The summed E-state index contributed by atoms with van der Waals surface area (Å²) in [5, 5.41) is 9.58. The Kier molecular flexibility index (Phi) is 4.84. The van der Waals surface area contributed by atoms with Gasteiger partial charge in [0.25, 0.3) is 0 Å². The topological polar surface area (TPSA) is 20.2 Å². The molecule has 102 valence electrons. The molecule has 0 aliphatic rings. The van der Waals surface area contributed by atoms with Crippen molar-refractivity contribution in [2.75, 3.05) is 6.61 Å². The van der Waals surface area contributed by atoms with E-state index in [0.29, 0.717) is 17.3 Å². The van der Waals surface area contributed by atoms with Crippen LogP contribution in [0.1, 0.15) is 30.5 Å². The first-order chi connectivity index (χ1) is 8.19. The SMILES string of the molecule is CC(C)(CO)Cc1ccc(C(F)(F)F)cc1CBr. The number of hydrogen-bond acceptors (Lipinski definition) is 1. The predicted octanol–water partition coefficient (Wildman–Crippen LogP) is 4.16. The van der Waals surface area contributed by atoms with Crippen LogP contribution in [0.15, 0.2) is 18.2 Å². The number of aliphatic hydroxyl groups is 1. The van der Waals surface area contributed by atoms with E-state index in [1.54, 1.807) is 0 Å². The van der Waals surface area contributed by atoms with Crippen molar-refractivity contribution in [2.24, 2.45) is 5.41 Å². The molecule has 0 heterocycles. The highest BCUT2D eigenvalue weighted by molar-refractivity contribution is 9.08. The van der Waals surface area contributed by atoms with Crippen LogP contribution in [0.25, 0.3) is 0 Å². The van der Waals surface area contributed by atoms with Crippen LogP contribution < -0.4 is 0 Å². The Morgan fingerprint density at radius 2 is 1.78 bits per heavy atom. The molecule has 0 spiro atoms. The zero-order chi connectivity index (χ0) is 14.0. The summed E-state index contributed by atoms with van der Waals surface area (Å²) < 4.78 is 37.8. The molecule has 1 aromatic carbocycles. The highest BCUT2D eigenvalue weighted by Crippen LogP contribution is 2.32.